The number of carbonyl (C=O) groups is 1. The molecule has 1 saturated carbocycles. The van der Waals surface area contributed by atoms with Crippen LogP contribution in [0.4, 0.5) is 0 Å². The second-order valence-electron chi connectivity index (χ2n) is 8.41. The fraction of sp³-hybridized carbons (Fsp3) is 0.667. The van der Waals surface area contributed by atoms with Crippen LogP contribution in [0.15, 0.2) is 18.2 Å². The minimum atomic E-state index is -0.354. The first-order chi connectivity index (χ1) is 13.0. The molecule has 4 atom stereocenters. The molecule has 1 aliphatic carbocycles. The van der Waals surface area contributed by atoms with Crippen LogP contribution in [-0.2, 0) is 16.8 Å². The number of rotatable bonds is 6. The molecule has 146 valence electrons. The smallest absolute Gasteiger partial charge is 0.223 e. The van der Waals surface area contributed by atoms with Crippen LogP contribution in [0.1, 0.15) is 50.7 Å². The molecule has 2 heterocycles. The molecule has 2 fully saturated rings. The van der Waals surface area contributed by atoms with E-state index in [4.69, 9.17) is 4.74 Å². The van der Waals surface area contributed by atoms with Crippen molar-refractivity contribution in [1.29, 1.82) is 0 Å². The molecule has 27 heavy (non-hydrogen) atoms. The molecular formula is C21H28N2O4. The maximum Gasteiger partial charge on any atom is 0.223 e. The molecule has 4 rings (SSSR count). The van der Waals surface area contributed by atoms with Crippen LogP contribution in [0.2, 0.25) is 0 Å². The van der Waals surface area contributed by atoms with Gasteiger partial charge in [-0.05, 0) is 48.4 Å². The van der Waals surface area contributed by atoms with Crippen molar-refractivity contribution in [2.75, 3.05) is 19.7 Å². The van der Waals surface area contributed by atoms with E-state index in [1.807, 2.05) is 11.0 Å². The average molecular weight is 372 g/mol. The van der Waals surface area contributed by atoms with E-state index < -0.39 is 0 Å². The number of benzene rings is 1. The largest absolute Gasteiger partial charge is 0.494 e. The molecule has 0 N–H and O–H groups in total. The van der Waals surface area contributed by atoms with Gasteiger partial charge in [-0.15, -0.1) is 0 Å². The topological polar surface area (TPSA) is 72.7 Å². The molecule has 1 aromatic carbocycles. The van der Waals surface area contributed by atoms with Gasteiger partial charge in [-0.2, -0.15) is 0 Å². The average Bonchev–Trinajstić information content (AvgIpc) is 3.05. The van der Waals surface area contributed by atoms with Crippen LogP contribution in [-0.4, -0.2) is 35.4 Å². The van der Waals surface area contributed by atoms with Crippen molar-refractivity contribution in [2.24, 2.45) is 17.8 Å². The van der Waals surface area contributed by atoms with Crippen LogP contribution in [0, 0.1) is 27.9 Å². The van der Waals surface area contributed by atoms with Crippen molar-refractivity contribution in [2.45, 2.75) is 51.5 Å². The quantitative estimate of drug-likeness (QED) is 0.436. The second-order valence-corrected chi connectivity index (χ2v) is 8.41. The molecular weight excluding hydrogens is 344 g/mol. The van der Waals surface area contributed by atoms with Gasteiger partial charge in [0.1, 0.15) is 5.75 Å². The van der Waals surface area contributed by atoms with E-state index >= 15 is 0 Å². The van der Waals surface area contributed by atoms with Gasteiger partial charge in [0.15, 0.2) is 0 Å². The van der Waals surface area contributed by atoms with E-state index in [1.165, 1.54) is 11.1 Å². The highest BCUT2D eigenvalue weighted by Crippen LogP contribution is 2.60. The maximum absolute atomic E-state index is 12.7. The molecule has 0 unspecified atom stereocenters. The second kappa shape index (κ2) is 6.80. The molecule has 0 aromatic heterocycles. The summed E-state index contributed by atoms with van der Waals surface area (Å²) < 4.78 is 5.88. The number of nitro groups is 1. The van der Waals surface area contributed by atoms with E-state index in [0.717, 1.165) is 38.0 Å². The van der Waals surface area contributed by atoms with Gasteiger partial charge in [0.2, 0.25) is 12.5 Å². The van der Waals surface area contributed by atoms with Gasteiger partial charge in [0.25, 0.3) is 0 Å². The van der Waals surface area contributed by atoms with E-state index in [2.05, 4.69) is 26.0 Å². The van der Waals surface area contributed by atoms with Gasteiger partial charge in [-0.3, -0.25) is 14.9 Å². The Morgan fingerprint density at radius 1 is 1.41 bits per heavy atom. The Hall–Kier alpha value is -2.11. The number of amides is 1. The van der Waals surface area contributed by atoms with Crippen LogP contribution in [0.25, 0.3) is 0 Å². The molecule has 2 aliphatic heterocycles. The fourth-order valence-corrected chi connectivity index (χ4v) is 5.81. The summed E-state index contributed by atoms with van der Waals surface area (Å²) in [5, 5.41) is 11.2. The van der Waals surface area contributed by atoms with E-state index in [9.17, 15) is 14.9 Å². The van der Waals surface area contributed by atoms with Crippen LogP contribution >= 0.6 is 0 Å². The highest BCUT2D eigenvalue weighted by molar-refractivity contribution is 5.82. The summed E-state index contributed by atoms with van der Waals surface area (Å²) in [5.74, 6) is 1.29. The third-order valence-electron chi connectivity index (χ3n) is 6.95. The number of fused-ring (bicyclic) bond motifs is 1. The Morgan fingerprint density at radius 3 is 2.96 bits per heavy atom. The SMILES string of the molecule is CCCCOc1ccc2c(c1)CCN1C(=O)C[C@H]3[C@H](C[N+](=O)[O-])[C@@H](C)C[C@]231. The first-order valence-electron chi connectivity index (χ1n) is 10.2. The van der Waals surface area contributed by atoms with Crippen molar-refractivity contribution in [3.8, 4) is 5.75 Å². The maximum atomic E-state index is 12.7. The van der Waals surface area contributed by atoms with Crippen molar-refractivity contribution in [3.63, 3.8) is 0 Å². The summed E-state index contributed by atoms with van der Waals surface area (Å²) in [6.07, 6.45) is 4.23. The number of hydrogen-bond donors (Lipinski definition) is 0. The zero-order valence-corrected chi connectivity index (χ0v) is 16.1. The monoisotopic (exact) mass is 372 g/mol. The van der Waals surface area contributed by atoms with Gasteiger partial charge in [0, 0.05) is 29.7 Å². The van der Waals surface area contributed by atoms with Crippen LogP contribution in [0.5, 0.6) is 5.75 Å². The zero-order chi connectivity index (χ0) is 19.2. The highest BCUT2D eigenvalue weighted by Gasteiger charge is 2.64. The summed E-state index contributed by atoms with van der Waals surface area (Å²) >= 11 is 0. The number of unbranched alkanes of at least 4 members (excludes halogenated alkanes) is 1. The summed E-state index contributed by atoms with van der Waals surface area (Å²) in [5.41, 5.74) is 2.09. The molecule has 1 saturated heterocycles. The lowest BCUT2D eigenvalue weighted by Gasteiger charge is -2.44. The van der Waals surface area contributed by atoms with Crippen molar-refractivity contribution >= 4 is 5.91 Å². The van der Waals surface area contributed by atoms with E-state index in [1.54, 1.807) is 0 Å². The number of nitrogens with zero attached hydrogens (tertiary/aromatic N) is 2. The van der Waals surface area contributed by atoms with Crippen molar-refractivity contribution in [3.05, 3.63) is 39.4 Å². The number of carbonyl (C=O) groups excluding carboxylic acids is 1. The van der Waals surface area contributed by atoms with Gasteiger partial charge < -0.3 is 9.64 Å². The lowest BCUT2D eigenvalue weighted by molar-refractivity contribution is -0.491. The van der Waals surface area contributed by atoms with Crippen molar-refractivity contribution < 1.29 is 14.5 Å². The minimum absolute atomic E-state index is 0.0382. The molecule has 1 spiro atoms. The van der Waals surface area contributed by atoms with Gasteiger partial charge in [0.05, 0.1) is 12.1 Å². The lowest BCUT2D eigenvalue weighted by Crippen LogP contribution is -2.49. The molecule has 1 amide bonds. The predicted molar refractivity (Wildman–Crippen MR) is 101 cm³/mol. The van der Waals surface area contributed by atoms with Crippen LogP contribution < -0.4 is 4.74 Å². The summed E-state index contributed by atoms with van der Waals surface area (Å²) in [7, 11) is 0. The Labute approximate surface area is 160 Å². The Kier molecular flexibility index (Phi) is 4.60. The van der Waals surface area contributed by atoms with Crippen molar-refractivity contribution in [1.82, 2.24) is 4.90 Å². The summed E-state index contributed by atoms with van der Waals surface area (Å²) in [6, 6.07) is 6.26. The third kappa shape index (κ3) is 2.80. The van der Waals surface area contributed by atoms with E-state index in [0.29, 0.717) is 13.0 Å². The fourth-order valence-electron chi connectivity index (χ4n) is 5.81. The zero-order valence-electron chi connectivity index (χ0n) is 16.1. The highest BCUT2D eigenvalue weighted by atomic mass is 16.6. The predicted octanol–water partition coefficient (Wildman–Crippen LogP) is 3.40. The molecule has 0 radical (unpaired) electrons. The Balaban J connectivity index is 1.70. The molecule has 6 heteroatoms. The normalized spacial score (nSPS) is 31.4. The number of ether oxygens (including phenoxy) is 1. The van der Waals surface area contributed by atoms with Gasteiger partial charge in [-0.25, -0.2) is 0 Å². The summed E-state index contributed by atoms with van der Waals surface area (Å²) in [6.45, 7) is 5.64. The van der Waals surface area contributed by atoms with E-state index in [-0.39, 0.29) is 40.7 Å². The molecule has 0 bridgehead atoms. The Morgan fingerprint density at radius 2 is 2.22 bits per heavy atom. The van der Waals surface area contributed by atoms with Gasteiger partial charge >= 0.3 is 0 Å². The lowest BCUT2D eigenvalue weighted by atomic mass is 9.74. The van der Waals surface area contributed by atoms with Crippen LogP contribution in [0.3, 0.4) is 0 Å². The Bertz CT molecular complexity index is 765. The molecule has 6 nitrogen and oxygen atoms in total. The molecule has 1 aromatic rings. The minimum Gasteiger partial charge on any atom is -0.494 e. The first-order valence-corrected chi connectivity index (χ1v) is 10.2. The standard InChI is InChI=1S/C21H28N2O4/c1-3-4-9-27-16-5-6-18-15(10-16)7-8-22-20(24)11-19-17(13-23(25)26)14(2)12-21(18,19)22/h5-6,10,14,17,19H,3-4,7-9,11-13H2,1-2H3/t14-,17+,19-,21-/m0/s1. The van der Waals surface area contributed by atoms with Gasteiger partial charge in [-0.1, -0.05) is 26.3 Å². The number of hydrogen-bond acceptors (Lipinski definition) is 4. The third-order valence-corrected chi connectivity index (χ3v) is 6.95. The first kappa shape index (κ1) is 18.3. The summed E-state index contributed by atoms with van der Waals surface area (Å²) in [4.78, 5) is 25.8. The molecule has 3 aliphatic rings.